The molecule has 0 aliphatic carbocycles. The van der Waals surface area contributed by atoms with Gasteiger partial charge in [-0.15, -0.1) is 11.3 Å². The number of hydrogen-bond acceptors (Lipinski definition) is 4. The number of para-hydroxylation sites is 1. The standard InChI is InChI=1S/C20H21N3O2S/c1-4-22(13-17-11-8-12-26-17)20(25)19(24)18-14(2)21-23(15(18)3)16-9-6-5-7-10-16/h5-12H,4,13H2,1-3H3. The van der Waals surface area contributed by atoms with Crippen molar-refractivity contribution in [2.24, 2.45) is 0 Å². The highest BCUT2D eigenvalue weighted by atomic mass is 32.1. The molecule has 0 saturated carbocycles. The van der Waals surface area contributed by atoms with E-state index in [-0.39, 0.29) is 0 Å². The van der Waals surface area contributed by atoms with Crippen LogP contribution in [0.15, 0.2) is 47.8 Å². The zero-order chi connectivity index (χ0) is 18.7. The summed E-state index contributed by atoms with van der Waals surface area (Å²) in [5.41, 5.74) is 2.50. The Bertz CT molecular complexity index is 914. The molecule has 0 unspecified atom stereocenters. The Morgan fingerprint density at radius 2 is 1.85 bits per heavy atom. The van der Waals surface area contributed by atoms with Gasteiger partial charge in [0.1, 0.15) is 0 Å². The fourth-order valence-electron chi connectivity index (χ4n) is 2.96. The molecule has 0 radical (unpaired) electrons. The van der Waals surface area contributed by atoms with Crippen molar-refractivity contribution in [1.82, 2.24) is 14.7 Å². The summed E-state index contributed by atoms with van der Waals surface area (Å²) in [7, 11) is 0. The van der Waals surface area contributed by atoms with Gasteiger partial charge in [-0.05, 0) is 44.4 Å². The number of hydrogen-bond donors (Lipinski definition) is 0. The minimum atomic E-state index is -0.499. The quantitative estimate of drug-likeness (QED) is 0.492. The van der Waals surface area contributed by atoms with Gasteiger partial charge >= 0.3 is 0 Å². The van der Waals surface area contributed by atoms with Gasteiger partial charge in [-0.1, -0.05) is 24.3 Å². The molecule has 0 aliphatic rings. The van der Waals surface area contributed by atoms with Crippen LogP contribution in [0, 0.1) is 13.8 Å². The molecule has 0 spiro atoms. The minimum Gasteiger partial charge on any atom is -0.331 e. The van der Waals surface area contributed by atoms with Crippen molar-refractivity contribution in [3.05, 3.63) is 69.7 Å². The Morgan fingerprint density at radius 3 is 2.46 bits per heavy atom. The first kappa shape index (κ1) is 18.1. The molecule has 2 heterocycles. The van der Waals surface area contributed by atoms with Crippen LogP contribution in [0.2, 0.25) is 0 Å². The molecule has 0 saturated heterocycles. The van der Waals surface area contributed by atoms with E-state index >= 15 is 0 Å². The highest BCUT2D eigenvalue weighted by Gasteiger charge is 2.28. The molecule has 1 aromatic carbocycles. The first-order chi connectivity index (χ1) is 12.5. The first-order valence-corrected chi connectivity index (χ1v) is 9.38. The number of carbonyl (C=O) groups excluding carboxylic acids is 2. The molecule has 0 N–H and O–H groups in total. The molecule has 3 aromatic rings. The summed E-state index contributed by atoms with van der Waals surface area (Å²) in [4.78, 5) is 28.3. The van der Waals surface area contributed by atoms with Gasteiger partial charge < -0.3 is 4.90 Å². The Hall–Kier alpha value is -2.73. The fourth-order valence-corrected chi connectivity index (χ4v) is 3.68. The number of benzene rings is 1. The molecule has 5 nitrogen and oxygen atoms in total. The highest BCUT2D eigenvalue weighted by molar-refractivity contribution is 7.09. The highest BCUT2D eigenvalue weighted by Crippen LogP contribution is 2.20. The Labute approximate surface area is 156 Å². The second-order valence-electron chi connectivity index (χ2n) is 6.02. The molecule has 134 valence electrons. The first-order valence-electron chi connectivity index (χ1n) is 8.50. The predicted molar refractivity (Wildman–Crippen MR) is 103 cm³/mol. The van der Waals surface area contributed by atoms with E-state index in [2.05, 4.69) is 5.10 Å². The third kappa shape index (κ3) is 3.46. The van der Waals surface area contributed by atoms with Gasteiger partial charge in [-0.2, -0.15) is 5.10 Å². The van der Waals surface area contributed by atoms with E-state index in [1.54, 1.807) is 27.8 Å². The van der Waals surface area contributed by atoms with Gasteiger partial charge in [0, 0.05) is 11.4 Å². The Balaban J connectivity index is 1.89. The Morgan fingerprint density at radius 1 is 1.12 bits per heavy atom. The molecule has 26 heavy (non-hydrogen) atoms. The maximum Gasteiger partial charge on any atom is 0.295 e. The lowest BCUT2D eigenvalue weighted by atomic mass is 10.1. The van der Waals surface area contributed by atoms with Crippen LogP contribution < -0.4 is 0 Å². The van der Waals surface area contributed by atoms with E-state index in [1.807, 2.05) is 61.7 Å². The summed E-state index contributed by atoms with van der Waals surface area (Å²) in [6.07, 6.45) is 0. The zero-order valence-electron chi connectivity index (χ0n) is 15.1. The van der Waals surface area contributed by atoms with Gasteiger partial charge in [-0.25, -0.2) is 4.68 Å². The van der Waals surface area contributed by atoms with E-state index in [1.165, 1.54) is 0 Å². The van der Waals surface area contributed by atoms with Gasteiger partial charge in [0.15, 0.2) is 0 Å². The molecule has 1 amide bonds. The number of likely N-dealkylation sites (N-methyl/N-ethyl adjacent to an activating group) is 1. The number of ketones is 1. The number of nitrogens with zero attached hydrogens (tertiary/aromatic N) is 3. The van der Waals surface area contributed by atoms with Crippen molar-refractivity contribution in [2.45, 2.75) is 27.3 Å². The van der Waals surface area contributed by atoms with Crippen LogP contribution in [-0.4, -0.2) is 32.9 Å². The lowest BCUT2D eigenvalue weighted by Crippen LogP contribution is -2.36. The smallest absolute Gasteiger partial charge is 0.295 e. The average Bonchev–Trinajstić information content (AvgIpc) is 3.27. The number of carbonyl (C=O) groups is 2. The van der Waals surface area contributed by atoms with Crippen molar-refractivity contribution in [2.75, 3.05) is 6.54 Å². The van der Waals surface area contributed by atoms with E-state index in [0.29, 0.717) is 30.0 Å². The summed E-state index contributed by atoms with van der Waals surface area (Å²) in [5.74, 6) is -0.986. The van der Waals surface area contributed by atoms with E-state index in [0.717, 1.165) is 10.6 Å². The SMILES string of the molecule is CCN(Cc1cccs1)C(=O)C(=O)c1c(C)nn(-c2ccccc2)c1C. The minimum absolute atomic E-state index is 0.392. The fraction of sp³-hybridized carbons (Fsp3) is 0.250. The van der Waals surface area contributed by atoms with Crippen LogP contribution in [0.25, 0.3) is 5.69 Å². The van der Waals surface area contributed by atoms with E-state index in [4.69, 9.17) is 0 Å². The largest absolute Gasteiger partial charge is 0.331 e. The lowest BCUT2D eigenvalue weighted by molar-refractivity contribution is -0.126. The van der Waals surface area contributed by atoms with Crippen molar-refractivity contribution in [3.63, 3.8) is 0 Å². The number of aryl methyl sites for hydroxylation is 1. The molecule has 2 aromatic heterocycles. The summed E-state index contributed by atoms with van der Waals surface area (Å²) in [5, 5.41) is 6.44. The number of thiophene rings is 1. The van der Waals surface area contributed by atoms with Crippen molar-refractivity contribution < 1.29 is 9.59 Å². The number of aromatic nitrogens is 2. The van der Waals surface area contributed by atoms with Gasteiger partial charge in [-0.3, -0.25) is 9.59 Å². The summed E-state index contributed by atoms with van der Waals surface area (Å²) in [6.45, 7) is 6.40. The van der Waals surface area contributed by atoms with Gasteiger partial charge in [0.05, 0.1) is 29.2 Å². The molecular weight excluding hydrogens is 346 g/mol. The van der Waals surface area contributed by atoms with Crippen molar-refractivity contribution in [3.8, 4) is 5.69 Å². The van der Waals surface area contributed by atoms with Crippen LogP contribution in [0.4, 0.5) is 0 Å². The van der Waals surface area contributed by atoms with Crippen LogP contribution in [0.5, 0.6) is 0 Å². The molecule has 3 rings (SSSR count). The van der Waals surface area contributed by atoms with Crippen LogP contribution in [0.3, 0.4) is 0 Å². The van der Waals surface area contributed by atoms with Gasteiger partial charge in [0.25, 0.3) is 11.7 Å². The van der Waals surface area contributed by atoms with Crippen LogP contribution in [-0.2, 0) is 11.3 Å². The normalized spacial score (nSPS) is 10.7. The molecular formula is C20H21N3O2S. The third-order valence-corrected chi connectivity index (χ3v) is 5.17. The van der Waals surface area contributed by atoms with Gasteiger partial charge in [0.2, 0.25) is 0 Å². The second-order valence-corrected chi connectivity index (χ2v) is 7.05. The lowest BCUT2D eigenvalue weighted by Gasteiger charge is -2.19. The predicted octanol–water partition coefficient (Wildman–Crippen LogP) is 3.78. The second kappa shape index (κ2) is 7.66. The molecule has 0 aliphatic heterocycles. The molecule has 6 heteroatoms. The number of amides is 1. The van der Waals surface area contributed by atoms with Crippen molar-refractivity contribution >= 4 is 23.0 Å². The maximum absolute atomic E-state index is 12.9. The molecule has 0 atom stereocenters. The van der Waals surface area contributed by atoms with E-state index in [9.17, 15) is 9.59 Å². The summed E-state index contributed by atoms with van der Waals surface area (Å²) in [6, 6.07) is 13.5. The molecule has 0 bridgehead atoms. The number of Topliss-reactive ketones (excluding diaryl/α,β-unsaturated/α-hetero) is 1. The third-order valence-electron chi connectivity index (χ3n) is 4.31. The molecule has 0 fully saturated rings. The maximum atomic E-state index is 12.9. The Kier molecular flexibility index (Phi) is 5.32. The zero-order valence-corrected chi connectivity index (χ0v) is 15.9. The number of rotatable bonds is 6. The monoisotopic (exact) mass is 367 g/mol. The topological polar surface area (TPSA) is 55.2 Å². The van der Waals surface area contributed by atoms with Crippen molar-refractivity contribution in [1.29, 1.82) is 0 Å². The van der Waals surface area contributed by atoms with Crippen LogP contribution >= 0.6 is 11.3 Å². The summed E-state index contributed by atoms with van der Waals surface area (Å²) < 4.78 is 1.71. The summed E-state index contributed by atoms with van der Waals surface area (Å²) >= 11 is 1.58. The van der Waals surface area contributed by atoms with Crippen LogP contribution in [0.1, 0.15) is 33.5 Å². The average molecular weight is 367 g/mol. The van der Waals surface area contributed by atoms with E-state index < -0.39 is 11.7 Å².